The first-order valence-electron chi connectivity index (χ1n) is 5.16. The molecule has 0 spiro atoms. The third-order valence-electron chi connectivity index (χ3n) is 2.18. The zero-order valence-electron chi connectivity index (χ0n) is 8.85. The molecule has 1 aliphatic rings. The Kier molecular flexibility index (Phi) is 4.85. The van der Waals surface area contributed by atoms with Gasteiger partial charge in [0.05, 0.1) is 6.61 Å². The number of carbonyl (C=O) groups excluding carboxylic acids is 1. The molecule has 0 aliphatic carbocycles. The van der Waals surface area contributed by atoms with Crippen molar-refractivity contribution in [1.29, 1.82) is 0 Å². The molecule has 1 saturated heterocycles. The average molecular weight is 240 g/mol. The fourth-order valence-electron chi connectivity index (χ4n) is 1.45. The second-order valence-electron chi connectivity index (χ2n) is 3.59. The monoisotopic (exact) mass is 240 g/mol. The molecule has 2 amide bonds. The molecular weight excluding hydrogens is 225 g/mol. The van der Waals surface area contributed by atoms with Crippen LogP contribution >= 0.6 is 0 Å². The SMILES string of the molecule is O=C(NCCOCC(F)(F)F)N1CCCC1. The maximum atomic E-state index is 11.7. The Morgan fingerprint density at radius 1 is 1.31 bits per heavy atom. The zero-order valence-corrected chi connectivity index (χ0v) is 8.85. The van der Waals surface area contributed by atoms with Crippen LogP contribution in [0.4, 0.5) is 18.0 Å². The minimum Gasteiger partial charge on any atom is -0.370 e. The van der Waals surface area contributed by atoms with Crippen LogP contribution in [0.25, 0.3) is 0 Å². The summed E-state index contributed by atoms with van der Waals surface area (Å²) < 4.78 is 39.4. The van der Waals surface area contributed by atoms with Crippen molar-refractivity contribution in [2.75, 3.05) is 32.8 Å². The number of alkyl halides is 3. The maximum Gasteiger partial charge on any atom is 0.411 e. The summed E-state index contributed by atoms with van der Waals surface area (Å²) in [5, 5.41) is 2.51. The van der Waals surface area contributed by atoms with Crippen molar-refractivity contribution in [3.8, 4) is 0 Å². The van der Waals surface area contributed by atoms with Crippen LogP contribution in [0.2, 0.25) is 0 Å². The molecular formula is C9H15F3N2O2. The van der Waals surface area contributed by atoms with E-state index in [9.17, 15) is 18.0 Å². The Balaban J connectivity index is 2.00. The molecule has 7 heteroatoms. The molecule has 4 nitrogen and oxygen atoms in total. The van der Waals surface area contributed by atoms with Gasteiger partial charge in [0.25, 0.3) is 0 Å². The first-order valence-corrected chi connectivity index (χ1v) is 5.16. The van der Waals surface area contributed by atoms with Gasteiger partial charge in [-0.15, -0.1) is 0 Å². The Morgan fingerprint density at radius 3 is 2.50 bits per heavy atom. The Bertz CT molecular complexity index is 227. The number of hydrogen-bond acceptors (Lipinski definition) is 2. The largest absolute Gasteiger partial charge is 0.411 e. The van der Waals surface area contributed by atoms with Crippen molar-refractivity contribution in [3.63, 3.8) is 0 Å². The molecule has 1 fully saturated rings. The number of urea groups is 1. The summed E-state index contributed by atoms with van der Waals surface area (Å²) in [7, 11) is 0. The molecule has 16 heavy (non-hydrogen) atoms. The lowest BCUT2D eigenvalue weighted by Crippen LogP contribution is -2.39. The smallest absolute Gasteiger partial charge is 0.370 e. The first kappa shape index (κ1) is 13.1. The number of carbonyl (C=O) groups is 1. The lowest BCUT2D eigenvalue weighted by molar-refractivity contribution is -0.173. The molecule has 0 radical (unpaired) electrons. The molecule has 0 unspecified atom stereocenters. The van der Waals surface area contributed by atoms with E-state index in [1.807, 2.05) is 0 Å². The van der Waals surface area contributed by atoms with Crippen LogP contribution < -0.4 is 5.32 Å². The summed E-state index contributed by atoms with van der Waals surface area (Å²) >= 11 is 0. The molecule has 0 bridgehead atoms. The number of hydrogen-bond donors (Lipinski definition) is 1. The molecule has 0 saturated carbocycles. The summed E-state index contributed by atoms with van der Waals surface area (Å²) in [6, 6.07) is -0.229. The molecule has 1 aliphatic heterocycles. The first-order chi connectivity index (χ1) is 7.49. The minimum atomic E-state index is -4.31. The van der Waals surface area contributed by atoms with E-state index in [0.29, 0.717) is 0 Å². The summed E-state index contributed by atoms with van der Waals surface area (Å²) in [5.41, 5.74) is 0. The lowest BCUT2D eigenvalue weighted by Gasteiger charge is -2.16. The van der Waals surface area contributed by atoms with Gasteiger partial charge >= 0.3 is 12.2 Å². The fraction of sp³-hybridized carbons (Fsp3) is 0.889. The van der Waals surface area contributed by atoms with Crippen molar-refractivity contribution >= 4 is 6.03 Å². The highest BCUT2D eigenvalue weighted by Crippen LogP contribution is 2.14. The molecule has 0 aromatic carbocycles. The molecule has 94 valence electrons. The highest BCUT2D eigenvalue weighted by Gasteiger charge is 2.27. The van der Waals surface area contributed by atoms with Gasteiger partial charge in [-0.2, -0.15) is 13.2 Å². The van der Waals surface area contributed by atoms with E-state index in [4.69, 9.17) is 0 Å². The third-order valence-corrected chi connectivity index (χ3v) is 2.18. The summed E-state index contributed by atoms with van der Waals surface area (Å²) in [4.78, 5) is 13.0. The molecule has 0 atom stereocenters. The zero-order chi connectivity index (χ0) is 12.0. The lowest BCUT2D eigenvalue weighted by atomic mass is 10.4. The Labute approximate surface area is 91.7 Å². The number of nitrogens with zero attached hydrogens (tertiary/aromatic N) is 1. The van der Waals surface area contributed by atoms with Crippen LogP contribution in [-0.2, 0) is 4.74 Å². The van der Waals surface area contributed by atoms with E-state index >= 15 is 0 Å². The summed E-state index contributed by atoms with van der Waals surface area (Å²) in [6.45, 7) is 0.140. The van der Waals surface area contributed by atoms with E-state index in [0.717, 1.165) is 25.9 Å². The van der Waals surface area contributed by atoms with Gasteiger partial charge in [0, 0.05) is 19.6 Å². The van der Waals surface area contributed by atoms with Gasteiger partial charge in [-0.1, -0.05) is 0 Å². The number of rotatable bonds is 4. The van der Waals surface area contributed by atoms with Gasteiger partial charge in [-0.05, 0) is 12.8 Å². The standard InChI is InChI=1S/C9H15F3N2O2/c10-9(11,12)7-16-6-3-13-8(15)14-4-1-2-5-14/h1-7H2,(H,13,15). The second kappa shape index (κ2) is 5.93. The number of likely N-dealkylation sites (tertiary alicyclic amines) is 1. The van der Waals surface area contributed by atoms with Gasteiger partial charge < -0.3 is 15.0 Å². The van der Waals surface area contributed by atoms with Crippen LogP contribution in [0.3, 0.4) is 0 Å². The van der Waals surface area contributed by atoms with E-state index in [1.165, 1.54) is 0 Å². The maximum absolute atomic E-state index is 11.7. The number of amides is 2. The highest BCUT2D eigenvalue weighted by molar-refractivity contribution is 5.74. The quantitative estimate of drug-likeness (QED) is 0.754. The van der Waals surface area contributed by atoms with Gasteiger partial charge in [-0.25, -0.2) is 4.79 Å². The van der Waals surface area contributed by atoms with Crippen LogP contribution in [0.5, 0.6) is 0 Å². The fourth-order valence-corrected chi connectivity index (χ4v) is 1.45. The molecule has 1 rings (SSSR count). The third kappa shape index (κ3) is 5.20. The van der Waals surface area contributed by atoms with Crippen molar-refractivity contribution in [3.05, 3.63) is 0 Å². The summed E-state index contributed by atoms with van der Waals surface area (Å²) in [5.74, 6) is 0. The predicted molar refractivity (Wildman–Crippen MR) is 51.1 cm³/mol. The summed E-state index contributed by atoms with van der Waals surface area (Å²) in [6.07, 6.45) is -2.34. The molecule has 1 heterocycles. The van der Waals surface area contributed by atoms with E-state index in [2.05, 4.69) is 10.1 Å². The normalized spacial score (nSPS) is 16.6. The van der Waals surface area contributed by atoms with Crippen molar-refractivity contribution in [2.24, 2.45) is 0 Å². The molecule has 0 aromatic rings. The van der Waals surface area contributed by atoms with Crippen molar-refractivity contribution in [1.82, 2.24) is 10.2 Å². The van der Waals surface area contributed by atoms with Gasteiger partial charge in [0.2, 0.25) is 0 Å². The predicted octanol–water partition coefficient (Wildman–Crippen LogP) is 1.37. The Hall–Kier alpha value is -0.980. The second-order valence-corrected chi connectivity index (χ2v) is 3.59. The van der Waals surface area contributed by atoms with Crippen molar-refractivity contribution < 1.29 is 22.7 Å². The van der Waals surface area contributed by atoms with E-state index in [1.54, 1.807) is 4.90 Å². The van der Waals surface area contributed by atoms with Gasteiger partial charge in [0.15, 0.2) is 0 Å². The van der Waals surface area contributed by atoms with Crippen LogP contribution in [-0.4, -0.2) is 50.0 Å². The minimum absolute atomic E-state index is 0.103. The average Bonchev–Trinajstić information content (AvgIpc) is 2.67. The van der Waals surface area contributed by atoms with Gasteiger partial charge in [0.1, 0.15) is 6.61 Å². The number of halogens is 3. The Morgan fingerprint density at radius 2 is 1.94 bits per heavy atom. The van der Waals surface area contributed by atoms with Crippen molar-refractivity contribution in [2.45, 2.75) is 19.0 Å². The van der Waals surface area contributed by atoms with E-state index < -0.39 is 12.8 Å². The number of ether oxygens (including phenoxy) is 1. The van der Waals surface area contributed by atoms with Crippen LogP contribution in [0.15, 0.2) is 0 Å². The molecule has 0 aromatic heterocycles. The van der Waals surface area contributed by atoms with E-state index in [-0.39, 0.29) is 19.2 Å². The number of nitrogens with one attached hydrogen (secondary N) is 1. The highest BCUT2D eigenvalue weighted by atomic mass is 19.4. The van der Waals surface area contributed by atoms with Gasteiger partial charge in [-0.3, -0.25) is 0 Å². The molecule has 1 N–H and O–H groups in total. The van der Waals surface area contributed by atoms with Crippen LogP contribution in [0, 0.1) is 0 Å². The van der Waals surface area contributed by atoms with Crippen LogP contribution in [0.1, 0.15) is 12.8 Å². The topological polar surface area (TPSA) is 41.6 Å².